The highest BCUT2D eigenvalue weighted by Gasteiger charge is 2.34. The smallest absolute Gasteiger partial charge is 0.329 e. The monoisotopic (exact) mass is 354 g/mol. The van der Waals surface area contributed by atoms with Gasteiger partial charge in [0.2, 0.25) is 11.8 Å². The van der Waals surface area contributed by atoms with Crippen LogP contribution < -0.4 is 10.6 Å². The molecule has 1 aliphatic heterocycles. The predicted molar refractivity (Wildman–Crippen MR) is 89.2 cm³/mol. The minimum absolute atomic E-state index is 0.0798. The van der Waals surface area contributed by atoms with E-state index in [1.54, 1.807) is 19.9 Å². The molecule has 1 heterocycles. The molecule has 2 amide bonds. The van der Waals surface area contributed by atoms with Gasteiger partial charge in [-0.1, -0.05) is 6.07 Å². The van der Waals surface area contributed by atoms with Crippen LogP contribution in [-0.2, 0) is 19.1 Å². The fraction of sp³-hybridized carbons (Fsp3) is 0.438. The van der Waals surface area contributed by atoms with Crippen LogP contribution in [0.2, 0.25) is 0 Å². The van der Waals surface area contributed by atoms with E-state index in [0.717, 1.165) is 5.56 Å². The van der Waals surface area contributed by atoms with Crippen molar-refractivity contribution >= 4 is 35.2 Å². The second-order valence-electron chi connectivity index (χ2n) is 5.37. The number of rotatable bonds is 5. The van der Waals surface area contributed by atoms with Crippen molar-refractivity contribution in [2.24, 2.45) is 0 Å². The first-order valence-corrected chi connectivity index (χ1v) is 8.60. The summed E-state index contributed by atoms with van der Waals surface area (Å²) in [4.78, 5) is 35.6. The first-order chi connectivity index (χ1) is 11.4. The lowest BCUT2D eigenvalue weighted by Crippen LogP contribution is -2.51. The number of amides is 2. The van der Waals surface area contributed by atoms with Crippen LogP contribution in [0.15, 0.2) is 18.2 Å². The van der Waals surface area contributed by atoms with E-state index in [-0.39, 0.29) is 18.7 Å². The van der Waals surface area contributed by atoms with Crippen molar-refractivity contribution in [2.75, 3.05) is 17.7 Å². The maximum absolute atomic E-state index is 13.7. The summed E-state index contributed by atoms with van der Waals surface area (Å²) in [6, 6.07) is 3.79. The Labute approximate surface area is 143 Å². The van der Waals surface area contributed by atoms with E-state index in [4.69, 9.17) is 4.74 Å². The Balaban J connectivity index is 1.89. The van der Waals surface area contributed by atoms with E-state index in [0.29, 0.717) is 5.75 Å². The van der Waals surface area contributed by atoms with Gasteiger partial charge in [-0.15, -0.1) is 11.8 Å². The van der Waals surface area contributed by atoms with Crippen molar-refractivity contribution in [2.45, 2.75) is 31.6 Å². The lowest BCUT2D eigenvalue weighted by Gasteiger charge is -2.27. The molecule has 0 spiro atoms. The van der Waals surface area contributed by atoms with Gasteiger partial charge < -0.3 is 15.4 Å². The van der Waals surface area contributed by atoms with Crippen LogP contribution in [0.3, 0.4) is 0 Å². The van der Waals surface area contributed by atoms with Gasteiger partial charge in [-0.3, -0.25) is 9.59 Å². The van der Waals surface area contributed by atoms with E-state index >= 15 is 0 Å². The molecule has 0 saturated carbocycles. The number of thioether (sulfide) groups is 1. The molecule has 2 unspecified atom stereocenters. The number of aryl methyl sites for hydroxylation is 1. The van der Waals surface area contributed by atoms with Gasteiger partial charge in [0.05, 0.1) is 17.5 Å². The molecule has 0 aliphatic carbocycles. The van der Waals surface area contributed by atoms with Gasteiger partial charge in [-0.05, 0) is 31.5 Å². The number of carbonyl (C=O) groups excluding carboxylic acids is 3. The van der Waals surface area contributed by atoms with Crippen molar-refractivity contribution in [1.82, 2.24) is 5.32 Å². The van der Waals surface area contributed by atoms with Crippen LogP contribution in [0.25, 0.3) is 0 Å². The summed E-state index contributed by atoms with van der Waals surface area (Å²) in [5.74, 6) is -1.53. The lowest BCUT2D eigenvalue weighted by molar-refractivity contribution is -0.146. The zero-order chi connectivity index (χ0) is 17.7. The number of hydrogen-bond acceptors (Lipinski definition) is 5. The van der Waals surface area contributed by atoms with Crippen LogP contribution in [0.5, 0.6) is 0 Å². The quantitative estimate of drug-likeness (QED) is 0.785. The van der Waals surface area contributed by atoms with E-state index in [2.05, 4.69) is 10.6 Å². The number of anilines is 1. The van der Waals surface area contributed by atoms with Crippen molar-refractivity contribution in [3.63, 3.8) is 0 Å². The summed E-state index contributed by atoms with van der Waals surface area (Å²) in [5, 5.41) is 4.39. The average molecular weight is 354 g/mol. The highest BCUT2D eigenvalue weighted by atomic mass is 32.2. The normalized spacial score (nSPS) is 20.2. The van der Waals surface area contributed by atoms with Crippen molar-refractivity contribution in [3.05, 3.63) is 29.6 Å². The topological polar surface area (TPSA) is 84.5 Å². The Bertz CT molecular complexity index is 653. The third-order valence-corrected chi connectivity index (χ3v) is 4.72. The standard InChI is InChI=1S/C16H19FN2O4S/c1-3-23-16(22)12-8-24-13(15(21)19-12)7-14(20)18-11-5-4-9(2)6-10(11)17/h4-6,12-13H,3,7-8H2,1-2H3,(H,18,20)(H,19,21). The van der Waals surface area contributed by atoms with Crippen LogP contribution in [-0.4, -0.2) is 41.4 Å². The maximum Gasteiger partial charge on any atom is 0.329 e. The summed E-state index contributed by atoms with van der Waals surface area (Å²) in [6.07, 6.45) is -0.0979. The zero-order valence-electron chi connectivity index (χ0n) is 13.4. The largest absolute Gasteiger partial charge is 0.464 e. The molecule has 0 radical (unpaired) electrons. The SMILES string of the molecule is CCOC(=O)C1CSC(CC(=O)Nc2ccc(C)cc2F)C(=O)N1. The minimum atomic E-state index is -0.698. The van der Waals surface area contributed by atoms with Crippen molar-refractivity contribution in [1.29, 1.82) is 0 Å². The second kappa shape index (κ2) is 8.14. The Kier molecular flexibility index (Phi) is 6.19. The van der Waals surface area contributed by atoms with Crippen LogP contribution in [0.4, 0.5) is 10.1 Å². The Morgan fingerprint density at radius 1 is 1.46 bits per heavy atom. The second-order valence-corrected chi connectivity index (χ2v) is 6.61. The zero-order valence-corrected chi connectivity index (χ0v) is 14.2. The highest BCUT2D eigenvalue weighted by Crippen LogP contribution is 2.23. The molecule has 1 saturated heterocycles. The Morgan fingerprint density at radius 3 is 2.83 bits per heavy atom. The van der Waals surface area contributed by atoms with E-state index in [9.17, 15) is 18.8 Å². The molecule has 1 aromatic rings. The van der Waals surface area contributed by atoms with E-state index in [1.165, 1.54) is 23.9 Å². The van der Waals surface area contributed by atoms with Crippen LogP contribution >= 0.6 is 11.8 Å². The molecule has 130 valence electrons. The van der Waals surface area contributed by atoms with Crippen molar-refractivity contribution in [3.8, 4) is 0 Å². The molecule has 2 atom stereocenters. The summed E-state index contributed by atoms with van der Waals surface area (Å²) in [5.41, 5.74) is 0.828. The maximum atomic E-state index is 13.7. The molecule has 2 N–H and O–H groups in total. The van der Waals surface area contributed by atoms with Gasteiger partial charge in [-0.25, -0.2) is 9.18 Å². The first kappa shape index (κ1) is 18.3. The minimum Gasteiger partial charge on any atom is -0.464 e. The number of hydrogen-bond donors (Lipinski definition) is 2. The Hall–Kier alpha value is -2.09. The fourth-order valence-electron chi connectivity index (χ4n) is 2.21. The van der Waals surface area contributed by atoms with Crippen LogP contribution in [0, 0.1) is 12.7 Å². The molecule has 1 aromatic carbocycles. The molecule has 24 heavy (non-hydrogen) atoms. The lowest BCUT2D eigenvalue weighted by atomic mass is 10.2. The van der Waals surface area contributed by atoms with Gasteiger partial charge in [0.25, 0.3) is 0 Å². The van der Waals surface area contributed by atoms with Crippen molar-refractivity contribution < 1.29 is 23.5 Å². The molecule has 8 heteroatoms. The molecular weight excluding hydrogens is 335 g/mol. The number of esters is 1. The summed E-state index contributed by atoms with van der Waals surface area (Å²) >= 11 is 1.21. The predicted octanol–water partition coefficient (Wildman–Crippen LogP) is 1.63. The Morgan fingerprint density at radius 2 is 2.21 bits per heavy atom. The fourth-order valence-corrected chi connectivity index (χ4v) is 3.34. The summed E-state index contributed by atoms with van der Waals surface area (Å²) < 4.78 is 18.6. The average Bonchev–Trinajstić information content (AvgIpc) is 2.52. The van der Waals surface area contributed by atoms with Gasteiger partial charge >= 0.3 is 5.97 Å². The number of benzene rings is 1. The molecule has 6 nitrogen and oxygen atoms in total. The van der Waals surface area contributed by atoms with Gasteiger partial charge in [-0.2, -0.15) is 0 Å². The van der Waals surface area contributed by atoms with E-state index < -0.39 is 34.9 Å². The number of nitrogens with one attached hydrogen (secondary N) is 2. The van der Waals surface area contributed by atoms with Gasteiger partial charge in [0, 0.05) is 12.2 Å². The summed E-state index contributed by atoms with van der Waals surface area (Å²) in [6.45, 7) is 3.68. The molecule has 0 aromatic heterocycles. The first-order valence-electron chi connectivity index (χ1n) is 7.55. The molecule has 2 rings (SSSR count). The molecule has 0 bridgehead atoms. The van der Waals surface area contributed by atoms with Gasteiger partial charge in [0.15, 0.2) is 0 Å². The van der Waals surface area contributed by atoms with Gasteiger partial charge in [0.1, 0.15) is 11.9 Å². The number of halogens is 1. The third kappa shape index (κ3) is 4.70. The highest BCUT2D eigenvalue weighted by molar-refractivity contribution is 8.00. The molecular formula is C16H19FN2O4S. The van der Waals surface area contributed by atoms with E-state index in [1.807, 2.05) is 0 Å². The molecule has 1 aliphatic rings. The van der Waals surface area contributed by atoms with Crippen LogP contribution in [0.1, 0.15) is 18.9 Å². The number of carbonyl (C=O) groups is 3. The molecule has 1 fully saturated rings. The number of ether oxygens (including phenoxy) is 1. The summed E-state index contributed by atoms with van der Waals surface area (Å²) in [7, 11) is 0. The third-order valence-electron chi connectivity index (χ3n) is 3.41.